The van der Waals surface area contributed by atoms with Gasteiger partial charge in [0.2, 0.25) is 5.91 Å². The summed E-state index contributed by atoms with van der Waals surface area (Å²) in [5.74, 6) is -0.209. The minimum absolute atomic E-state index is 0.209. The van der Waals surface area contributed by atoms with E-state index in [1.165, 1.54) is 11.6 Å². The third kappa shape index (κ3) is 3.51. The quantitative estimate of drug-likeness (QED) is 0.841. The Morgan fingerprint density at radius 3 is 2.88 bits per heavy atom. The summed E-state index contributed by atoms with van der Waals surface area (Å²) in [6.45, 7) is 4.11. The predicted octanol–water partition coefficient (Wildman–Crippen LogP) is 2.39. The fourth-order valence-corrected chi connectivity index (χ4v) is 3.56. The van der Waals surface area contributed by atoms with E-state index < -0.39 is 5.60 Å². The molecule has 5 nitrogen and oxygen atoms in total. The molecule has 25 heavy (non-hydrogen) atoms. The number of rotatable bonds is 4. The molecule has 0 unspecified atom stereocenters. The van der Waals surface area contributed by atoms with Crippen molar-refractivity contribution in [3.05, 3.63) is 58.4 Å². The molecule has 0 saturated carbocycles. The van der Waals surface area contributed by atoms with Crippen LogP contribution in [0.25, 0.3) is 6.08 Å². The van der Waals surface area contributed by atoms with Gasteiger partial charge < -0.3 is 10.4 Å². The first-order valence-electron chi connectivity index (χ1n) is 8.67. The van der Waals surface area contributed by atoms with Crippen LogP contribution in [0.5, 0.6) is 0 Å². The number of fused-ring (bicyclic) bond motifs is 1. The second-order valence-electron chi connectivity index (χ2n) is 6.80. The smallest absolute Gasteiger partial charge is 0.244 e. The summed E-state index contributed by atoms with van der Waals surface area (Å²) < 4.78 is 1.80. The van der Waals surface area contributed by atoms with Crippen LogP contribution in [0.15, 0.2) is 30.3 Å². The maximum Gasteiger partial charge on any atom is 0.244 e. The van der Waals surface area contributed by atoms with Gasteiger partial charge in [-0.1, -0.05) is 24.3 Å². The van der Waals surface area contributed by atoms with E-state index >= 15 is 0 Å². The van der Waals surface area contributed by atoms with Gasteiger partial charge in [0.05, 0.1) is 12.2 Å². The molecule has 0 fully saturated rings. The number of nitrogens with zero attached hydrogens (tertiary/aromatic N) is 2. The lowest BCUT2D eigenvalue weighted by Crippen LogP contribution is -2.42. The summed E-state index contributed by atoms with van der Waals surface area (Å²) in [5.41, 5.74) is 3.98. The van der Waals surface area contributed by atoms with Gasteiger partial charge in [-0.15, -0.1) is 0 Å². The summed E-state index contributed by atoms with van der Waals surface area (Å²) in [4.78, 5) is 12.2. The highest BCUT2D eigenvalue weighted by Gasteiger charge is 2.34. The average Bonchev–Trinajstić information content (AvgIpc) is 2.84. The molecule has 2 N–H and O–H groups in total. The lowest BCUT2D eigenvalue weighted by Gasteiger charge is -2.34. The molecule has 1 aliphatic rings. The van der Waals surface area contributed by atoms with Crippen LogP contribution < -0.4 is 5.32 Å². The van der Waals surface area contributed by atoms with Crippen LogP contribution >= 0.6 is 0 Å². The van der Waals surface area contributed by atoms with Crippen molar-refractivity contribution >= 4 is 12.0 Å². The summed E-state index contributed by atoms with van der Waals surface area (Å²) in [6.07, 6.45) is 5.86. The van der Waals surface area contributed by atoms with Crippen LogP contribution in [0.2, 0.25) is 0 Å². The van der Waals surface area contributed by atoms with Crippen LogP contribution in [-0.2, 0) is 23.9 Å². The Labute approximate surface area is 148 Å². The molecule has 1 aliphatic carbocycles. The number of hydrogen-bond acceptors (Lipinski definition) is 3. The van der Waals surface area contributed by atoms with Gasteiger partial charge in [-0.05, 0) is 50.3 Å². The minimum atomic E-state index is -0.988. The minimum Gasteiger partial charge on any atom is -0.383 e. The third-order valence-electron chi connectivity index (χ3n) is 5.08. The molecule has 0 aliphatic heterocycles. The van der Waals surface area contributed by atoms with Gasteiger partial charge in [0.25, 0.3) is 0 Å². The van der Waals surface area contributed by atoms with Crippen molar-refractivity contribution in [2.75, 3.05) is 6.54 Å². The number of aliphatic hydroxyl groups is 1. The fourth-order valence-electron chi connectivity index (χ4n) is 3.56. The number of aromatic nitrogens is 2. The fraction of sp³-hybridized carbons (Fsp3) is 0.400. The van der Waals surface area contributed by atoms with Gasteiger partial charge >= 0.3 is 0 Å². The highest BCUT2D eigenvalue weighted by molar-refractivity contribution is 5.92. The van der Waals surface area contributed by atoms with E-state index in [0.717, 1.165) is 35.4 Å². The summed E-state index contributed by atoms with van der Waals surface area (Å²) in [6, 6.07) is 7.93. The maximum absolute atomic E-state index is 12.2. The normalized spacial score (nSPS) is 19.8. The van der Waals surface area contributed by atoms with E-state index in [4.69, 9.17) is 0 Å². The van der Waals surface area contributed by atoms with Gasteiger partial charge in [0.1, 0.15) is 5.60 Å². The number of amides is 1. The highest BCUT2D eigenvalue weighted by atomic mass is 16.3. The van der Waals surface area contributed by atoms with Gasteiger partial charge in [0.15, 0.2) is 0 Å². The zero-order valence-corrected chi connectivity index (χ0v) is 15.0. The maximum atomic E-state index is 12.2. The second-order valence-corrected chi connectivity index (χ2v) is 6.80. The van der Waals surface area contributed by atoms with Gasteiger partial charge in [-0.25, -0.2) is 0 Å². The number of hydrogen-bond donors (Lipinski definition) is 2. The third-order valence-corrected chi connectivity index (χ3v) is 5.08. The molecular weight excluding hydrogens is 314 g/mol. The number of carbonyl (C=O) groups excluding carboxylic acids is 1. The van der Waals surface area contributed by atoms with Crippen LogP contribution in [-0.4, -0.2) is 27.3 Å². The first-order valence-corrected chi connectivity index (χ1v) is 8.67. The predicted molar refractivity (Wildman–Crippen MR) is 98.0 cm³/mol. The van der Waals surface area contributed by atoms with Crippen molar-refractivity contribution in [2.24, 2.45) is 7.05 Å². The molecule has 1 amide bonds. The highest BCUT2D eigenvalue weighted by Crippen LogP contribution is 2.34. The van der Waals surface area contributed by atoms with Gasteiger partial charge in [-0.2, -0.15) is 5.10 Å². The summed E-state index contributed by atoms with van der Waals surface area (Å²) >= 11 is 0. The van der Waals surface area contributed by atoms with E-state index in [1.807, 2.05) is 39.1 Å². The van der Waals surface area contributed by atoms with Crippen LogP contribution in [0.3, 0.4) is 0 Å². The van der Waals surface area contributed by atoms with E-state index in [0.29, 0.717) is 6.42 Å². The van der Waals surface area contributed by atoms with Crippen molar-refractivity contribution in [3.63, 3.8) is 0 Å². The largest absolute Gasteiger partial charge is 0.383 e. The summed E-state index contributed by atoms with van der Waals surface area (Å²) in [5, 5.41) is 18.2. The van der Waals surface area contributed by atoms with Crippen molar-refractivity contribution in [1.82, 2.24) is 15.1 Å². The Kier molecular flexibility index (Phi) is 4.77. The number of aryl methyl sites for hydroxylation is 3. The van der Waals surface area contributed by atoms with E-state index in [-0.39, 0.29) is 12.5 Å². The van der Waals surface area contributed by atoms with E-state index in [1.54, 1.807) is 10.8 Å². The van der Waals surface area contributed by atoms with Crippen LogP contribution in [0.4, 0.5) is 0 Å². The molecule has 0 bridgehead atoms. The van der Waals surface area contributed by atoms with Crippen molar-refractivity contribution in [1.29, 1.82) is 0 Å². The molecule has 1 aromatic heterocycles. The van der Waals surface area contributed by atoms with Crippen molar-refractivity contribution in [2.45, 2.75) is 38.7 Å². The van der Waals surface area contributed by atoms with Gasteiger partial charge in [0, 0.05) is 24.4 Å². The lowest BCUT2D eigenvalue weighted by molar-refractivity contribution is -0.118. The SMILES string of the molecule is Cc1nn(C)c(C)c1/C=C\C(=O)NC[C@@]1(O)CCCc2ccccc21. The molecule has 0 spiro atoms. The van der Waals surface area contributed by atoms with Crippen LogP contribution in [0.1, 0.15) is 40.9 Å². The van der Waals surface area contributed by atoms with E-state index in [2.05, 4.69) is 16.5 Å². The van der Waals surface area contributed by atoms with Crippen LogP contribution in [0, 0.1) is 13.8 Å². The molecule has 1 heterocycles. The number of nitrogens with one attached hydrogen (secondary N) is 1. The zero-order chi connectivity index (χ0) is 18.0. The standard InChI is InChI=1S/C20H25N3O2/c1-14-17(15(2)23(3)22-14)10-11-19(24)21-13-20(25)12-6-8-16-7-4-5-9-18(16)20/h4-5,7,9-11,25H,6,8,12-13H2,1-3H3,(H,21,24)/b11-10-/t20-/m0/s1. The molecule has 2 aromatic rings. The number of carbonyl (C=O) groups is 1. The topological polar surface area (TPSA) is 67.2 Å². The first kappa shape index (κ1) is 17.4. The molecule has 132 valence electrons. The molecule has 1 atom stereocenters. The van der Waals surface area contributed by atoms with Crippen molar-refractivity contribution in [3.8, 4) is 0 Å². The van der Waals surface area contributed by atoms with E-state index in [9.17, 15) is 9.90 Å². The Morgan fingerprint density at radius 1 is 1.40 bits per heavy atom. The van der Waals surface area contributed by atoms with Gasteiger partial charge in [-0.3, -0.25) is 9.48 Å². The molecule has 5 heteroatoms. The molecule has 1 aromatic carbocycles. The monoisotopic (exact) mass is 339 g/mol. The average molecular weight is 339 g/mol. The molecule has 0 saturated heterocycles. The summed E-state index contributed by atoms with van der Waals surface area (Å²) in [7, 11) is 1.88. The second kappa shape index (κ2) is 6.84. The lowest BCUT2D eigenvalue weighted by atomic mass is 9.79. The Hall–Kier alpha value is -2.40. The molecule has 3 rings (SSSR count). The first-order chi connectivity index (χ1) is 11.9. The molecular formula is C20H25N3O2. The molecule has 0 radical (unpaired) electrons. The number of benzene rings is 1. The Morgan fingerprint density at radius 2 is 2.16 bits per heavy atom. The Balaban J connectivity index is 1.68. The van der Waals surface area contributed by atoms with Crippen molar-refractivity contribution < 1.29 is 9.90 Å². The Bertz CT molecular complexity index is 822. The zero-order valence-electron chi connectivity index (χ0n) is 15.0.